The van der Waals surface area contributed by atoms with Crippen LogP contribution in [-0.4, -0.2) is 142 Å². The number of halogens is 1. The van der Waals surface area contributed by atoms with Gasteiger partial charge in [0.2, 0.25) is 30.2 Å². The van der Waals surface area contributed by atoms with Crippen LogP contribution in [0.15, 0.2) is 53.5 Å². The van der Waals surface area contributed by atoms with E-state index in [2.05, 4.69) is 86.5 Å². The number of hydrogen-bond acceptors (Lipinski definition) is 16. The first-order chi connectivity index (χ1) is 30.0. The molecule has 0 spiro atoms. The summed E-state index contributed by atoms with van der Waals surface area (Å²) in [6, 6.07) is 6.11. The molecule has 7 aromatic rings. The summed E-state index contributed by atoms with van der Waals surface area (Å²) in [6.45, 7) is 10.5. The summed E-state index contributed by atoms with van der Waals surface area (Å²) in [5.41, 5.74) is 6.22. The van der Waals surface area contributed by atoms with Crippen molar-refractivity contribution in [2.45, 2.75) is 25.9 Å². The van der Waals surface area contributed by atoms with Gasteiger partial charge >= 0.3 is 0 Å². The molecular formula is C39H47BrN18O4. The maximum atomic E-state index is 12.3. The molecule has 0 saturated carbocycles. The van der Waals surface area contributed by atoms with E-state index in [0.29, 0.717) is 103 Å². The Hall–Kier alpha value is -6.88. The minimum atomic E-state index is -0.201. The third-order valence-corrected chi connectivity index (χ3v) is 11.0. The highest BCUT2D eigenvalue weighted by Crippen LogP contribution is 2.30. The number of nitrogens with one attached hydrogen (secondary N) is 4. The van der Waals surface area contributed by atoms with E-state index in [1.54, 1.807) is 33.7 Å². The van der Waals surface area contributed by atoms with E-state index in [4.69, 9.17) is 24.4 Å². The quantitative estimate of drug-likeness (QED) is 0.0963. The van der Waals surface area contributed by atoms with Crippen molar-refractivity contribution in [2.75, 3.05) is 80.5 Å². The summed E-state index contributed by atoms with van der Waals surface area (Å²) in [5, 5.41) is 18.3. The van der Waals surface area contributed by atoms with Crippen molar-refractivity contribution in [1.82, 2.24) is 69.1 Å². The van der Waals surface area contributed by atoms with Gasteiger partial charge in [-0.15, -0.1) is 5.10 Å². The predicted octanol–water partition coefficient (Wildman–Crippen LogP) is 2.71. The Balaban J connectivity index is 0.000000171. The van der Waals surface area contributed by atoms with Crippen molar-refractivity contribution in [3.05, 3.63) is 64.9 Å². The van der Waals surface area contributed by atoms with E-state index in [0.717, 1.165) is 34.2 Å². The van der Waals surface area contributed by atoms with Crippen LogP contribution >= 0.6 is 15.9 Å². The number of benzene rings is 1. The van der Waals surface area contributed by atoms with E-state index in [-0.39, 0.29) is 18.6 Å². The smallest absolute Gasteiger partial charge is 0.256 e. The van der Waals surface area contributed by atoms with E-state index in [9.17, 15) is 9.59 Å². The van der Waals surface area contributed by atoms with E-state index >= 15 is 0 Å². The molecule has 6 aromatic heterocycles. The van der Waals surface area contributed by atoms with Crippen LogP contribution in [0, 0.1) is 6.92 Å². The summed E-state index contributed by atoms with van der Waals surface area (Å²) in [7, 11) is 6.80. The predicted molar refractivity (Wildman–Crippen MR) is 236 cm³/mol. The van der Waals surface area contributed by atoms with Crippen LogP contribution in [0.1, 0.15) is 17.8 Å². The summed E-state index contributed by atoms with van der Waals surface area (Å²) >= 11 is 3.51. The van der Waals surface area contributed by atoms with Crippen LogP contribution in [0.25, 0.3) is 27.8 Å². The molecule has 1 unspecified atom stereocenters. The number of methoxy groups -OCH3 is 2. The van der Waals surface area contributed by atoms with Gasteiger partial charge in [-0.25, -0.2) is 9.97 Å². The van der Waals surface area contributed by atoms with Gasteiger partial charge in [0.05, 0.1) is 54.5 Å². The fourth-order valence-corrected chi connectivity index (χ4v) is 7.54. The first-order valence-corrected chi connectivity index (χ1v) is 20.6. The minimum Gasteiger partial charge on any atom is -0.478 e. The van der Waals surface area contributed by atoms with Gasteiger partial charge in [0.1, 0.15) is 11.5 Å². The molecule has 1 aromatic carbocycles. The van der Waals surface area contributed by atoms with Crippen LogP contribution in [-0.2, 0) is 35.0 Å². The Morgan fingerprint density at radius 2 is 1.82 bits per heavy atom. The zero-order valence-corrected chi connectivity index (χ0v) is 36.5. The molecule has 0 aliphatic carbocycles. The highest BCUT2D eigenvalue weighted by atomic mass is 79.9. The number of ether oxygens (including phenoxy) is 2. The van der Waals surface area contributed by atoms with Crippen LogP contribution in [0.3, 0.4) is 0 Å². The Kier molecular flexibility index (Phi) is 12.1. The number of carbonyl (C=O) groups excluding carboxylic acids is 2. The normalized spacial score (nSPS) is 15.3. The second-order valence-electron chi connectivity index (χ2n) is 15.0. The van der Waals surface area contributed by atoms with Gasteiger partial charge in [-0.3, -0.25) is 14.3 Å². The van der Waals surface area contributed by atoms with Gasteiger partial charge in [0.25, 0.3) is 5.88 Å². The third kappa shape index (κ3) is 8.93. The number of H-pyrrole nitrogens is 1. The van der Waals surface area contributed by atoms with E-state index in [1.165, 1.54) is 12.7 Å². The number of hydrogen-bond donors (Lipinski definition) is 4. The summed E-state index contributed by atoms with van der Waals surface area (Å²) < 4.78 is 16.3. The van der Waals surface area contributed by atoms with Crippen molar-refractivity contribution in [2.24, 2.45) is 14.1 Å². The van der Waals surface area contributed by atoms with Crippen molar-refractivity contribution in [3.63, 3.8) is 0 Å². The molecule has 4 N–H and O–H groups in total. The third-order valence-electron chi connectivity index (χ3n) is 10.4. The number of rotatable bonds is 13. The summed E-state index contributed by atoms with van der Waals surface area (Å²) in [6.07, 6.45) is 6.87. The second kappa shape index (κ2) is 18.0. The van der Waals surface area contributed by atoms with Crippen LogP contribution in [0.2, 0.25) is 0 Å². The highest BCUT2D eigenvalue weighted by Gasteiger charge is 2.28. The van der Waals surface area contributed by atoms with Gasteiger partial charge in [0, 0.05) is 72.1 Å². The monoisotopic (exact) mass is 910 g/mol. The van der Waals surface area contributed by atoms with Crippen molar-refractivity contribution in [1.29, 1.82) is 0 Å². The number of imidazole rings is 2. The van der Waals surface area contributed by atoms with Crippen molar-refractivity contribution < 1.29 is 19.1 Å². The molecule has 22 nitrogen and oxygen atoms in total. The average Bonchev–Trinajstić information content (AvgIpc) is 4.12. The molecule has 1 atom stereocenters. The maximum Gasteiger partial charge on any atom is 0.256 e. The molecule has 2 aliphatic heterocycles. The van der Waals surface area contributed by atoms with E-state index < -0.39 is 0 Å². The van der Waals surface area contributed by atoms with Crippen molar-refractivity contribution in [3.8, 4) is 5.88 Å². The lowest BCUT2D eigenvalue weighted by molar-refractivity contribution is -0.119. The van der Waals surface area contributed by atoms with Crippen LogP contribution in [0.5, 0.6) is 5.88 Å². The number of aryl methyl sites for hydroxylation is 3. The Labute approximate surface area is 363 Å². The standard InChI is InChI=1S/C20H27N9O3.C19H20BrN9O/c1-12(10-31-4)18(30)22-13-6-7-29(8-13)20-24-16(15-17(25-20)27(2)11-21-15)23-14-9-28(3)26-19(14)32-5;1-12-2-3-14-15(8-12)24-16(23-14)10-21-18-26-19(25-17-13(20)9-22-29(17)18)28-6-4-27(11-30)5-7-28/h9,11,13H,1,6-8,10H2,2-5H3,(H,22,30)(H,23,24,25);2-3,8-9,11H,4-7,10H2,1H3,(H,23,24)(H,21,25,26). The lowest BCUT2D eigenvalue weighted by atomic mass is 10.2. The molecule has 9 rings (SSSR count). The molecule has 62 heavy (non-hydrogen) atoms. The van der Waals surface area contributed by atoms with Crippen LogP contribution < -0.4 is 30.5 Å². The molecule has 0 bridgehead atoms. The maximum absolute atomic E-state index is 12.3. The average molecular weight is 912 g/mol. The van der Waals surface area contributed by atoms with Gasteiger partial charge in [-0.1, -0.05) is 12.6 Å². The molecular weight excluding hydrogens is 864 g/mol. The van der Waals surface area contributed by atoms with Gasteiger partial charge in [0.15, 0.2) is 22.6 Å². The topological polar surface area (TPSA) is 232 Å². The zero-order valence-electron chi connectivity index (χ0n) is 35.0. The highest BCUT2D eigenvalue weighted by molar-refractivity contribution is 9.10. The Morgan fingerprint density at radius 1 is 1.03 bits per heavy atom. The zero-order chi connectivity index (χ0) is 43.5. The second-order valence-corrected chi connectivity index (χ2v) is 15.8. The fourth-order valence-electron chi connectivity index (χ4n) is 7.19. The van der Waals surface area contributed by atoms with Crippen molar-refractivity contribution >= 4 is 85.4 Å². The molecule has 8 heterocycles. The lowest BCUT2D eigenvalue weighted by Gasteiger charge is -2.32. The lowest BCUT2D eigenvalue weighted by Crippen LogP contribution is -2.46. The summed E-state index contributed by atoms with van der Waals surface area (Å²) in [5.74, 6) is 3.36. The molecule has 23 heteroatoms. The number of fused-ring (bicyclic) bond motifs is 3. The molecule has 2 amide bonds. The molecule has 2 saturated heterocycles. The summed E-state index contributed by atoms with van der Waals surface area (Å²) in [4.78, 5) is 60.4. The minimum absolute atomic E-state index is 0.0308. The SMILES string of the molecule is C=C(COC)C(=O)NC1CCN(c2nc(Nc3cn(C)nc3OC)c3ncn(C)c3n2)C1.Cc1ccc2nc(CNc3nc(N4CCN(C=O)CC4)nc4c(Br)cnn34)[nH]c2c1. The number of piperazine rings is 1. The first-order valence-electron chi connectivity index (χ1n) is 19.8. The first kappa shape index (κ1) is 41.8. The number of amides is 2. The Morgan fingerprint density at radius 3 is 2.60 bits per heavy atom. The van der Waals surface area contributed by atoms with Gasteiger partial charge < -0.3 is 49.7 Å². The molecule has 2 aliphatic rings. The number of nitrogens with zero attached hydrogens (tertiary/aromatic N) is 14. The van der Waals surface area contributed by atoms with Gasteiger partial charge in [-0.2, -0.15) is 29.5 Å². The largest absolute Gasteiger partial charge is 0.478 e. The number of carbonyl (C=O) groups is 2. The molecule has 324 valence electrons. The van der Waals surface area contributed by atoms with Gasteiger partial charge in [-0.05, 0) is 47.0 Å². The Bertz CT molecular complexity index is 2750. The number of anilines is 5. The molecule has 2 fully saturated rings. The van der Waals surface area contributed by atoms with Crippen LogP contribution in [0.4, 0.5) is 29.4 Å². The number of aromatic amines is 1. The van der Waals surface area contributed by atoms with E-state index in [1.807, 2.05) is 41.9 Å². The number of aromatic nitrogens is 12. The molecule has 0 radical (unpaired) electrons. The fraction of sp³-hybridized carbons (Fsp3) is 0.385.